The summed E-state index contributed by atoms with van der Waals surface area (Å²) in [5, 5.41) is 29.0. The van der Waals surface area contributed by atoms with Gasteiger partial charge in [0.2, 0.25) is 0 Å². The van der Waals surface area contributed by atoms with Gasteiger partial charge in [-0.25, -0.2) is 4.79 Å². The van der Waals surface area contributed by atoms with Gasteiger partial charge in [0.1, 0.15) is 11.3 Å². The normalized spacial score (nSPS) is 9.95. The van der Waals surface area contributed by atoms with Crippen molar-refractivity contribution in [3.05, 3.63) is 46.5 Å². The zero-order valence-electron chi connectivity index (χ0n) is 10.2. The van der Waals surface area contributed by atoms with Crippen LogP contribution in [0.3, 0.4) is 0 Å². The molecule has 0 aliphatic heterocycles. The summed E-state index contributed by atoms with van der Waals surface area (Å²) >= 11 is 0. The molecule has 0 radical (unpaired) electrons. The molecule has 19 heavy (non-hydrogen) atoms. The van der Waals surface area contributed by atoms with E-state index < -0.39 is 16.6 Å². The topological polar surface area (TPSA) is 104 Å². The highest BCUT2D eigenvalue weighted by atomic mass is 16.6. The average Bonchev–Trinajstić information content (AvgIpc) is 2.37. The average molecular weight is 266 g/mol. The van der Waals surface area contributed by atoms with Gasteiger partial charge >= 0.3 is 11.7 Å². The quantitative estimate of drug-likeness (QED) is 0.437. The van der Waals surface area contributed by atoms with Crippen molar-refractivity contribution < 1.29 is 19.9 Å². The Morgan fingerprint density at radius 3 is 2.68 bits per heavy atom. The Kier molecular flexibility index (Phi) is 5.01. The molecule has 7 heteroatoms. The molecule has 1 aromatic carbocycles. The molecule has 1 aromatic rings. The van der Waals surface area contributed by atoms with E-state index in [9.17, 15) is 14.9 Å². The summed E-state index contributed by atoms with van der Waals surface area (Å²) in [7, 11) is 0. The van der Waals surface area contributed by atoms with Crippen molar-refractivity contribution in [3.63, 3.8) is 0 Å². The van der Waals surface area contributed by atoms with Crippen molar-refractivity contribution in [2.45, 2.75) is 0 Å². The highest BCUT2D eigenvalue weighted by Crippen LogP contribution is 2.31. The number of para-hydroxylation sites is 1. The Morgan fingerprint density at radius 2 is 2.21 bits per heavy atom. The van der Waals surface area contributed by atoms with Gasteiger partial charge in [0, 0.05) is 13.1 Å². The van der Waals surface area contributed by atoms with E-state index >= 15 is 0 Å². The van der Waals surface area contributed by atoms with E-state index in [0.29, 0.717) is 0 Å². The molecule has 102 valence electrons. The zero-order valence-corrected chi connectivity index (χ0v) is 10.2. The second-order valence-corrected chi connectivity index (χ2v) is 3.69. The first-order valence-electron chi connectivity index (χ1n) is 5.50. The van der Waals surface area contributed by atoms with Crippen molar-refractivity contribution in [2.75, 3.05) is 24.6 Å². The third-order valence-corrected chi connectivity index (χ3v) is 2.49. The Morgan fingerprint density at radius 1 is 1.53 bits per heavy atom. The van der Waals surface area contributed by atoms with Gasteiger partial charge in [-0.3, -0.25) is 10.1 Å². The molecule has 0 spiro atoms. The fourth-order valence-corrected chi connectivity index (χ4v) is 1.74. The number of aliphatic hydroxyl groups is 1. The molecule has 7 nitrogen and oxygen atoms in total. The predicted octanol–water partition coefficient (Wildman–Crippen LogP) is 1.28. The van der Waals surface area contributed by atoms with Crippen LogP contribution in [0, 0.1) is 10.1 Å². The maximum atomic E-state index is 11.1. The minimum Gasteiger partial charge on any atom is -0.477 e. The molecule has 0 amide bonds. The molecule has 1 rings (SSSR count). The molecule has 0 aliphatic carbocycles. The maximum Gasteiger partial charge on any atom is 0.342 e. The van der Waals surface area contributed by atoms with E-state index in [2.05, 4.69) is 6.58 Å². The Bertz CT molecular complexity index is 501. The molecule has 2 N–H and O–H groups in total. The summed E-state index contributed by atoms with van der Waals surface area (Å²) < 4.78 is 0. The van der Waals surface area contributed by atoms with Crippen LogP contribution in [0.1, 0.15) is 10.4 Å². The van der Waals surface area contributed by atoms with Crippen LogP contribution >= 0.6 is 0 Å². The number of nitrogens with zero attached hydrogens (tertiary/aromatic N) is 2. The minimum absolute atomic E-state index is 0.149. The number of nitro benzene ring substituents is 1. The van der Waals surface area contributed by atoms with Crippen LogP contribution in [0.5, 0.6) is 0 Å². The maximum absolute atomic E-state index is 11.1. The van der Waals surface area contributed by atoms with Crippen LogP contribution in [0.4, 0.5) is 11.4 Å². The van der Waals surface area contributed by atoms with Gasteiger partial charge in [-0.1, -0.05) is 12.1 Å². The number of nitro groups is 1. The van der Waals surface area contributed by atoms with Crippen molar-refractivity contribution in [3.8, 4) is 0 Å². The zero-order chi connectivity index (χ0) is 14.4. The summed E-state index contributed by atoms with van der Waals surface area (Å²) in [4.78, 5) is 22.9. The summed E-state index contributed by atoms with van der Waals surface area (Å²) in [6.45, 7) is 3.74. The first-order valence-corrected chi connectivity index (χ1v) is 5.50. The molecule has 0 saturated heterocycles. The molecule has 0 fully saturated rings. The number of rotatable bonds is 7. The number of hydrogen-bond donors (Lipinski definition) is 2. The number of hydrogen-bond acceptors (Lipinski definition) is 5. The Hall–Kier alpha value is -2.41. The second-order valence-electron chi connectivity index (χ2n) is 3.69. The lowest BCUT2D eigenvalue weighted by molar-refractivity contribution is -0.384. The van der Waals surface area contributed by atoms with Gasteiger partial charge in [0.15, 0.2) is 0 Å². The third kappa shape index (κ3) is 3.29. The second kappa shape index (κ2) is 6.50. The number of aromatic carboxylic acids is 1. The van der Waals surface area contributed by atoms with Crippen molar-refractivity contribution >= 4 is 17.3 Å². The number of aliphatic hydroxyl groups excluding tert-OH is 1. The van der Waals surface area contributed by atoms with Crippen LogP contribution in [0.2, 0.25) is 0 Å². The number of carbonyl (C=O) groups is 1. The van der Waals surface area contributed by atoms with E-state index in [1.165, 1.54) is 29.2 Å². The smallest absolute Gasteiger partial charge is 0.342 e. The molecule has 0 aromatic heterocycles. The molecular weight excluding hydrogens is 252 g/mol. The molecule has 0 aliphatic rings. The molecule has 0 atom stereocenters. The lowest BCUT2D eigenvalue weighted by atomic mass is 10.1. The lowest BCUT2D eigenvalue weighted by Crippen LogP contribution is -2.27. The van der Waals surface area contributed by atoms with E-state index in [-0.39, 0.29) is 30.9 Å². The number of carboxylic acids is 1. The SMILES string of the molecule is C=CCN(CCO)c1cccc(C(=O)O)c1[N+](=O)[O-]. The molecule has 0 saturated carbocycles. The first-order chi connectivity index (χ1) is 9.02. The van der Waals surface area contributed by atoms with Gasteiger partial charge in [0.25, 0.3) is 0 Å². The van der Waals surface area contributed by atoms with E-state index in [4.69, 9.17) is 10.2 Å². The van der Waals surface area contributed by atoms with Gasteiger partial charge in [-0.15, -0.1) is 6.58 Å². The third-order valence-electron chi connectivity index (χ3n) is 2.49. The van der Waals surface area contributed by atoms with E-state index in [1.54, 1.807) is 0 Å². The summed E-state index contributed by atoms with van der Waals surface area (Å²) in [5.74, 6) is -1.36. The number of carboxylic acid groups (broad SMARTS) is 1. The highest BCUT2D eigenvalue weighted by Gasteiger charge is 2.26. The first kappa shape index (κ1) is 14.7. The molecule has 0 bridgehead atoms. The van der Waals surface area contributed by atoms with E-state index in [1.807, 2.05) is 0 Å². The molecule has 0 unspecified atom stereocenters. The van der Waals surface area contributed by atoms with Gasteiger partial charge in [0.05, 0.1) is 11.5 Å². The van der Waals surface area contributed by atoms with E-state index in [0.717, 1.165) is 0 Å². The fraction of sp³-hybridized carbons (Fsp3) is 0.250. The summed E-state index contributed by atoms with van der Waals surface area (Å²) in [5.41, 5.74) is -0.710. The van der Waals surface area contributed by atoms with Crippen molar-refractivity contribution in [1.82, 2.24) is 0 Å². The fourth-order valence-electron chi connectivity index (χ4n) is 1.74. The summed E-state index contributed by atoms with van der Waals surface area (Å²) in [6.07, 6.45) is 1.52. The Balaban J connectivity index is 3.39. The van der Waals surface area contributed by atoms with Crippen LogP contribution in [0.15, 0.2) is 30.9 Å². The van der Waals surface area contributed by atoms with Crippen LogP contribution in [0.25, 0.3) is 0 Å². The summed E-state index contributed by atoms with van der Waals surface area (Å²) in [6, 6.07) is 4.05. The number of anilines is 1. The standard InChI is InChI=1S/C12H14N2O5/c1-2-6-13(7-8-15)10-5-3-4-9(12(16)17)11(10)14(18)19/h2-5,15H,1,6-8H2,(H,16,17). The van der Waals surface area contributed by atoms with Crippen LogP contribution in [-0.2, 0) is 0 Å². The lowest BCUT2D eigenvalue weighted by Gasteiger charge is -2.22. The van der Waals surface area contributed by atoms with Gasteiger partial charge < -0.3 is 15.1 Å². The monoisotopic (exact) mass is 266 g/mol. The number of benzene rings is 1. The molecular formula is C12H14N2O5. The van der Waals surface area contributed by atoms with Crippen molar-refractivity contribution in [2.24, 2.45) is 0 Å². The largest absolute Gasteiger partial charge is 0.477 e. The van der Waals surface area contributed by atoms with Crippen LogP contribution in [-0.4, -0.2) is 40.8 Å². The Labute approximate surface area is 109 Å². The van der Waals surface area contributed by atoms with Crippen molar-refractivity contribution in [1.29, 1.82) is 0 Å². The predicted molar refractivity (Wildman–Crippen MR) is 69.6 cm³/mol. The van der Waals surface area contributed by atoms with Gasteiger partial charge in [-0.2, -0.15) is 0 Å². The molecule has 0 heterocycles. The van der Waals surface area contributed by atoms with Crippen LogP contribution < -0.4 is 4.90 Å². The highest BCUT2D eigenvalue weighted by molar-refractivity contribution is 5.95. The minimum atomic E-state index is -1.36. The van der Waals surface area contributed by atoms with Gasteiger partial charge in [-0.05, 0) is 12.1 Å².